The lowest BCUT2D eigenvalue weighted by Gasteiger charge is -2.09. The molecule has 2 fully saturated rings. The van der Waals surface area contributed by atoms with E-state index in [0.717, 1.165) is 71.3 Å². The second-order valence-corrected chi connectivity index (χ2v) is 10.1. The van der Waals surface area contributed by atoms with Gasteiger partial charge in [0.25, 0.3) is 0 Å². The minimum absolute atomic E-state index is 0.331. The highest BCUT2D eigenvalue weighted by molar-refractivity contribution is 6.03. The first-order valence-electron chi connectivity index (χ1n) is 13.0. The van der Waals surface area contributed by atoms with Crippen LogP contribution in [0.2, 0.25) is 0 Å². The number of nitrogens with one attached hydrogen (secondary N) is 5. The molecule has 7 heteroatoms. The van der Waals surface area contributed by atoms with Crippen LogP contribution in [-0.2, 0) is 0 Å². The van der Waals surface area contributed by atoms with Gasteiger partial charge in [0.2, 0.25) is 0 Å². The van der Waals surface area contributed by atoms with Crippen molar-refractivity contribution in [3.63, 3.8) is 0 Å². The number of hydrogen-bond donors (Lipinski definition) is 5. The maximum Gasteiger partial charge on any atom is 0.124 e. The van der Waals surface area contributed by atoms with Crippen molar-refractivity contribution in [2.75, 3.05) is 13.1 Å². The van der Waals surface area contributed by atoms with Crippen LogP contribution < -0.4 is 10.6 Å². The summed E-state index contributed by atoms with van der Waals surface area (Å²) in [5.74, 6) is 2.07. The summed E-state index contributed by atoms with van der Waals surface area (Å²) in [7, 11) is 0. The quantitative estimate of drug-likeness (QED) is 0.222. The van der Waals surface area contributed by atoms with Crippen molar-refractivity contribution in [3.05, 3.63) is 72.2 Å². The molecule has 0 amide bonds. The molecular weight excluding hydrogens is 446 g/mol. The molecule has 0 aliphatic carbocycles. The van der Waals surface area contributed by atoms with E-state index in [4.69, 9.17) is 9.97 Å². The van der Waals surface area contributed by atoms with Crippen molar-refractivity contribution in [3.8, 4) is 33.6 Å². The van der Waals surface area contributed by atoms with Crippen LogP contribution in [0, 0.1) is 6.92 Å². The second kappa shape index (κ2) is 8.76. The Morgan fingerprint density at radius 2 is 1.33 bits per heavy atom. The van der Waals surface area contributed by atoms with Gasteiger partial charge in [-0.05, 0) is 69.0 Å². The van der Waals surface area contributed by atoms with E-state index in [0.29, 0.717) is 12.1 Å². The zero-order chi connectivity index (χ0) is 24.1. The fourth-order valence-corrected chi connectivity index (χ4v) is 5.79. The summed E-state index contributed by atoms with van der Waals surface area (Å²) < 4.78 is 0. The van der Waals surface area contributed by atoms with Gasteiger partial charge in [-0.2, -0.15) is 0 Å². The minimum atomic E-state index is 0.331. The zero-order valence-electron chi connectivity index (χ0n) is 20.5. The second-order valence-electron chi connectivity index (χ2n) is 10.1. The van der Waals surface area contributed by atoms with Crippen LogP contribution >= 0.6 is 0 Å². The molecule has 2 atom stereocenters. The van der Waals surface area contributed by atoms with Crippen molar-refractivity contribution >= 4 is 10.9 Å². The first kappa shape index (κ1) is 21.6. The third kappa shape index (κ3) is 3.75. The molecule has 0 bridgehead atoms. The first-order valence-corrected chi connectivity index (χ1v) is 13.0. The van der Waals surface area contributed by atoms with Gasteiger partial charge in [-0.25, -0.2) is 9.97 Å². The number of rotatable bonds is 5. The largest absolute Gasteiger partial charge is 0.358 e. The highest BCUT2D eigenvalue weighted by Crippen LogP contribution is 2.36. The third-order valence-corrected chi connectivity index (χ3v) is 7.67. The van der Waals surface area contributed by atoms with Crippen LogP contribution in [-0.4, -0.2) is 38.0 Å². The Morgan fingerprint density at radius 1 is 0.722 bits per heavy atom. The van der Waals surface area contributed by atoms with Gasteiger partial charge in [0.1, 0.15) is 11.6 Å². The highest BCUT2D eigenvalue weighted by Gasteiger charge is 2.21. The van der Waals surface area contributed by atoms with Crippen LogP contribution in [0.4, 0.5) is 0 Å². The molecule has 0 spiro atoms. The summed E-state index contributed by atoms with van der Waals surface area (Å²) in [6.07, 6.45) is 8.74. The van der Waals surface area contributed by atoms with Crippen LogP contribution in [0.3, 0.4) is 0 Å². The van der Waals surface area contributed by atoms with Crippen LogP contribution in [0.5, 0.6) is 0 Å². The molecule has 2 aromatic carbocycles. The molecule has 0 unspecified atom stereocenters. The van der Waals surface area contributed by atoms with Gasteiger partial charge in [-0.1, -0.05) is 30.3 Å². The molecule has 0 saturated carbocycles. The van der Waals surface area contributed by atoms with Crippen molar-refractivity contribution in [2.24, 2.45) is 0 Å². The van der Waals surface area contributed by atoms with Gasteiger partial charge in [0.05, 0.1) is 29.0 Å². The Kier molecular flexibility index (Phi) is 5.26. The maximum atomic E-state index is 4.95. The van der Waals surface area contributed by atoms with Gasteiger partial charge in [-0.15, -0.1) is 0 Å². The van der Waals surface area contributed by atoms with E-state index in [-0.39, 0.29) is 0 Å². The Bertz CT molecular complexity index is 1510. The normalized spacial score (nSPS) is 20.0. The monoisotopic (exact) mass is 477 g/mol. The van der Waals surface area contributed by atoms with Crippen LogP contribution in [0.15, 0.2) is 54.9 Å². The Balaban J connectivity index is 1.21. The van der Waals surface area contributed by atoms with Crippen molar-refractivity contribution in [1.29, 1.82) is 0 Å². The number of fused-ring (bicyclic) bond motifs is 1. The summed E-state index contributed by atoms with van der Waals surface area (Å²) in [5.41, 5.74) is 8.93. The van der Waals surface area contributed by atoms with Crippen molar-refractivity contribution < 1.29 is 0 Å². The van der Waals surface area contributed by atoms with Crippen molar-refractivity contribution in [1.82, 2.24) is 35.6 Å². The lowest BCUT2D eigenvalue weighted by Crippen LogP contribution is -2.14. The molecule has 3 aromatic heterocycles. The van der Waals surface area contributed by atoms with Crippen LogP contribution in [0.25, 0.3) is 44.5 Å². The number of benzene rings is 2. The number of hydrogen-bond acceptors (Lipinski definition) is 4. The van der Waals surface area contributed by atoms with E-state index in [2.05, 4.69) is 75.0 Å². The topological polar surface area (TPSA) is 97.2 Å². The average Bonchev–Trinajstić information content (AvgIpc) is 3.73. The number of aromatic nitrogens is 5. The van der Waals surface area contributed by atoms with Gasteiger partial charge in [0.15, 0.2) is 0 Å². The van der Waals surface area contributed by atoms with Gasteiger partial charge >= 0.3 is 0 Å². The van der Waals surface area contributed by atoms with Gasteiger partial charge < -0.3 is 25.6 Å². The van der Waals surface area contributed by atoms with Gasteiger partial charge in [0, 0.05) is 34.6 Å². The van der Waals surface area contributed by atoms with E-state index in [1.165, 1.54) is 29.4 Å². The fraction of sp³-hybridized carbons (Fsp3) is 0.310. The zero-order valence-corrected chi connectivity index (χ0v) is 20.5. The molecule has 182 valence electrons. The van der Waals surface area contributed by atoms with Crippen LogP contribution in [0.1, 0.15) is 55.1 Å². The molecule has 2 saturated heterocycles. The molecule has 36 heavy (non-hydrogen) atoms. The fourth-order valence-electron chi connectivity index (χ4n) is 5.79. The molecular formula is C29H31N7. The molecule has 5 N–H and O–H groups in total. The number of nitrogens with zero attached hydrogens (tertiary/aromatic N) is 2. The molecule has 7 nitrogen and oxygen atoms in total. The summed E-state index contributed by atoms with van der Waals surface area (Å²) in [4.78, 5) is 20.2. The smallest absolute Gasteiger partial charge is 0.124 e. The molecule has 5 aromatic rings. The molecule has 2 aliphatic heterocycles. The predicted molar refractivity (Wildman–Crippen MR) is 144 cm³/mol. The van der Waals surface area contributed by atoms with E-state index in [9.17, 15) is 0 Å². The Morgan fingerprint density at radius 3 is 2.00 bits per heavy atom. The lowest BCUT2D eigenvalue weighted by molar-refractivity contribution is 0.613. The first-order chi connectivity index (χ1) is 17.7. The van der Waals surface area contributed by atoms with Crippen molar-refractivity contribution in [2.45, 2.75) is 44.7 Å². The van der Waals surface area contributed by atoms with Gasteiger partial charge in [-0.3, -0.25) is 0 Å². The maximum absolute atomic E-state index is 4.95. The highest BCUT2D eigenvalue weighted by atomic mass is 15.0. The lowest BCUT2D eigenvalue weighted by atomic mass is 9.97. The molecule has 7 rings (SSSR count). The van der Waals surface area contributed by atoms with E-state index in [1.807, 2.05) is 12.4 Å². The predicted octanol–water partition coefficient (Wildman–Crippen LogP) is 5.77. The van der Waals surface area contributed by atoms with E-state index < -0.39 is 0 Å². The number of aromatic amines is 3. The molecule has 0 radical (unpaired) electrons. The summed E-state index contributed by atoms with van der Waals surface area (Å²) in [6.45, 7) is 4.25. The number of H-pyrrole nitrogens is 3. The minimum Gasteiger partial charge on any atom is -0.358 e. The Labute approximate surface area is 210 Å². The number of aryl methyl sites for hydroxylation is 1. The third-order valence-electron chi connectivity index (χ3n) is 7.67. The van der Waals surface area contributed by atoms with E-state index in [1.54, 1.807) is 0 Å². The summed E-state index contributed by atoms with van der Waals surface area (Å²) >= 11 is 0. The standard InChI is InChI=1S/C29H31N7/c1-17-14-22-20(10-11-21(27(22)34-17)26-16-33-29(36-26)24-5-3-13-31-24)18-6-8-19(9-7-18)25-15-32-28(35-25)23-4-2-12-30-23/h6-11,14-16,23-24,30-31,34H,2-5,12-13H2,1H3,(H,32,35)(H,33,36)/t23-,24-/m0/s1. The summed E-state index contributed by atoms with van der Waals surface area (Å²) in [6, 6.07) is 16.1. The average molecular weight is 478 g/mol. The number of imidazole rings is 2. The molecule has 5 heterocycles. The Hall–Kier alpha value is -3.68. The van der Waals surface area contributed by atoms with E-state index >= 15 is 0 Å². The summed E-state index contributed by atoms with van der Waals surface area (Å²) in [5, 5.41) is 8.26. The SMILES string of the molecule is Cc1cc2c(-c3ccc(-c4c[nH]c([C@@H]5CCCN5)n4)cc3)ccc(-c3c[nH]c([C@@H]4CCCN4)n3)c2[nH]1. The molecule has 2 aliphatic rings.